The van der Waals surface area contributed by atoms with Crippen molar-refractivity contribution >= 4 is 6.09 Å². The first-order valence-electron chi connectivity index (χ1n) is 7.38. The zero-order valence-electron chi connectivity index (χ0n) is 12.3. The number of amides is 1. The Hall–Kier alpha value is -1.55. The summed E-state index contributed by atoms with van der Waals surface area (Å²) in [6, 6.07) is 10.2. The molecule has 4 nitrogen and oxygen atoms in total. The van der Waals surface area contributed by atoms with Crippen molar-refractivity contribution in [3.63, 3.8) is 0 Å². The number of benzene rings is 1. The number of hydrogen-bond acceptors (Lipinski definition) is 3. The molecule has 20 heavy (non-hydrogen) atoms. The van der Waals surface area contributed by atoms with Crippen LogP contribution in [-0.4, -0.2) is 36.2 Å². The van der Waals surface area contributed by atoms with Crippen molar-refractivity contribution in [2.75, 3.05) is 13.1 Å². The molecule has 1 fully saturated rings. The lowest BCUT2D eigenvalue weighted by Gasteiger charge is -2.36. The second-order valence-electron chi connectivity index (χ2n) is 5.54. The first-order valence-corrected chi connectivity index (χ1v) is 7.38. The van der Waals surface area contributed by atoms with Gasteiger partial charge in [-0.3, -0.25) is 0 Å². The van der Waals surface area contributed by atoms with E-state index in [0.29, 0.717) is 6.61 Å². The van der Waals surface area contributed by atoms with Crippen LogP contribution in [0.4, 0.5) is 4.79 Å². The summed E-state index contributed by atoms with van der Waals surface area (Å²) < 4.78 is 5.46. The molecular formula is C16H24N2O2. The van der Waals surface area contributed by atoms with Gasteiger partial charge in [0, 0.05) is 18.6 Å². The summed E-state index contributed by atoms with van der Waals surface area (Å²) in [5.41, 5.74) is 1.02. The second-order valence-corrected chi connectivity index (χ2v) is 5.54. The fourth-order valence-corrected chi connectivity index (χ4v) is 2.65. The molecule has 2 rings (SSSR count). The van der Waals surface area contributed by atoms with Gasteiger partial charge >= 0.3 is 6.09 Å². The highest BCUT2D eigenvalue weighted by molar-refractivity contribution is 5.68. The maximum atomic E-state index is 12.3. The van der Waals surface area contributed by atoms with E-state index in [1.165, 1.54) is 0 Å². The normalized spacial score (nSPS) is 18.9. The summed E-state index contributed by atoms with van der Waals surface area (Å²) in [5.74, 6) is 0. The Morgan fingerprint density at radius 3 is 2.75 bits per heavy atom. The number of piperidine rings is 1. The molecule has 0 aromatic heterocycles. The summed E-state index contributed by atoms with van der Waals surface area (Å²) in [6.45, 7) is 6.32. The van der Waals surface area contributed by atoms with E-state index in [4.69, 9.17) is 4.74 Å². The average molecular weight is 276 g/mol. The first-order chi connectivity index (χ1) is 9.68. The van der Waals surface area contributed by atoms with E-state index < -0.39 is 0 Å². The quantitative estimate of drug-likeness (QED) is 0.919. The van der Waals surface area contributed by atoms with Gasteiger partial charge in [-0.05, 0) is 38.8 Å². The van der Waals surface area contributed by atoms with Crippen LogP contribution in [0.2, 0.25) is 0 Å². The minimum absolute atomic E-state index is 0.156. The Labute approximate surface area is 121 Å². The van der Waals surface area contributed by atoms with Crippen molar-refractivity contribution in [2.45, 2.75) is 45.4 Å². The van der Waals surface area contributed by atoms with Gasteiger partial charge in [0.1, 0.15) is 6.61 Å². The molecule has 0 spiro atoms. The van der Waals surface area contributed by atoms with Gasteiger partial charge in [0.15, 0.2) is 0 Å². The number of rotatable bonds is 4. The first kappa shape index (κ1) is 14.9. The maximum absolute atomic E-state index is 12.3. The summed E-state index contributed by atoms with van der Waals surface area (Å²) in [4.78, 5) is 14.2. The van der Waals surface area contributed by atoms with Crippen molar-refractivity contribution < 1.29 is 9.53 Å². The van der Waals surface area contributed by atoms with Crippen molar-refractivity contribution in [2.24, 2.45) is 0 Å². The number of hydrogen-bond donors (Lipinski definition) is 1. The third-order valence-corrected chi connectivity index (χ3v) is 3.64. The minimum Gasteiger partial charge on any atom is -0.445 e. The Kier molecular flexibility index (Phi) is 5.41. The molecule has 1 aromatic carbocycles. The van der Waals surface area contributed by atoms with Crippen LogP contribution in [0.25, 0.3) is 0 Å². The van der Waals surface area contributed by atoms with Gasteiger partial charge < -0.3 is 15.0 Å². The van der Waals surface area contributed by atoms with Crippen molar-refractivity contribution in [3.05, 3.63) is 35.9 Å². The Balaban J connectivity index is 1.93. The number of carbonyl (C=O) groups excluding carboxylic acids is 1. The lowest BCUT2D eigenvalue weighted by atomic mass is 10.1. The number of carbonyl (C=O) groups is 1. The summed E-state index contributed by atoms with van der Waals surface area (Å²) >= 11 is 0. The molecular weight excluding hydrogens is 252 g/mol. The predicted molar refractivity (Wildman–Crippen MR) is 79.5 cm³/mol. The number of ether oxygens (including phenoxy) is 1. The minimum atomic E-state index is -0.211. The molecule has 110 valence electrons. The molecule has 1 heterocycles. The SMILES string of the molecule is CC(C)N(C(=O)OCc1ccccc1)C1CCCNC1. The summed E-state index contributed by atoms with van der Waals surface area (Å²) in [7, 11) is 0. The highest BCUT2D eigenvalue weighted by Crippen LogP contribution is 2.16. The van der Waals surface area contributed by atoms with E-state index >= 15 is 0 Å². The zero-order chi connectivity index (χ0) is 14.4. The van der Waals surface area contributed by atoms with Gasteiger partial charge in [0.2, 0.25) is 0 Å². The van der Waals surface area contributed by atoms with Crippen LogP contribution in [0, 0.1) is 0 Å². The van der Waals surface area contributed by atoms with E-state index in [0.717, 1.165) is 31.5 Å². The van der Waals surface area contributed by atoms with E-state index in [1.807, 2.05) is 49.1 Å². The molecule has 1 aromatic rings. The fourth-order valence-electron chi connectivity index (χ4n) is 2.65. The van der Waals surface area contributed by atoms with Crippen LogP contribution in [0.5, 0.6) is 0 Å². The highest BCUT2D eigenvalue weighted by atomic mass is 16.6. The molecule has 1 aliphatic heterocycles. The van der Waals surface area contributed by atoms with Crippen LogP contribution in [0.15, 0.2) is 30.3 Å². The van der Waals surface area contributed by atoms with Crippen molar-refractivity contribution in [3.8, 4) is 0 Å². The van der Waals surface area contributed by atoms with Crippen LogP contribution >= 0.6 is 0 Å². The number of nitrogens with zero attached hydrogens (tertiary/aromatic N) is 1. The molecule has 0 aliphatic carbocycles. The summed E-state index contributed by atoms with van der Waals surface area (Å²) in [6.07, 6.45) is 1.95. The van der Waals surface area contributed by atoms with Crippen molar-refractivity contribution in [1.82, 2.24) is 10.2 Å². The molecule has 1 unspecified atom stereocenters. The standard InChI is InChI=1S/C16H24N2O2/c1-13(2)18(15-9-6-10-17-11-15)16(19)20-12-14-7-4-3-5-8-14/h3-5,7-8,13,15,17H,6,9-12H2,1-2H3. The van der Waals surface area contributed by atoms with E-state index in [2.05, 4.69) is 5.32 Å². The van der Waals surface area contributed by atoms with Crippen molar-refractivity contribution in [1.29, 1.82) is 0 Å². The van der Waals surface area contributed by atoms with E-state index in [1.54, 1.807) is 0 Å². The molecule has 0 radical (unpaired) electrons. The molecule has 0 saturated carbocycles. The lowest BCUT2D eigenvalue weighted by Crippen LogP contribution is -2.51. The average Bonchev–Trinajstić information content (AvgIpc) is 2.47. The lowest BCUT2D eigenvalue weighted by molar-refractivity contribution is 0.0612. The van der Waals surface area contributed by atoms with Crippen LogP contribution in [-0.2, 0) is 11.3 Å². The maximum Gasteiger partial charge on any atom is 0.410 e. The highest BCUT2D eigenvalue weighted by Gasteiger charge is 2.28. The number of nitrogens with one attached hydrogen (secondary N) is 1. The third kappa shape index (κ3) is 3.97. The van der Waals surface area contributed by atoms with Gasteiger partial charge in [0.05, 0.1) is 0 Å². The van der Waals surface area contributed by atoms with Gasteiger partial charge in [-0.25, -0.2) is 4.79 Å². The van der Waals surface area contributed by atoms with Gasteiger partial charge in [-0.1, -0.05) is 30.3 Å². The molecule has 1 atom stereocenters. The third-order valence-electron chi connectivity index (χ3n) is 3.64. The summed E-state index contributed by atoms with van der Waals surface area (Å²) in [5, 5.41) is 3.35. The van der Waals surface area contributed by atoms with Crippen LogP contribution < -0.4 is 5.32 Å². The topological polar surface area (TPSA) is 41.6 Å². The van der Waals surface area contributed by atoms with E-state index in [-0.39, 0.29) is 18.2 Å². The molecule has 4 heteroatoms. The zero-order valence-corrected chi connectivity index (χ0v) is 12.3. The molecule has 1 aliphatic rings. The van der Waals surface area contributed by atoms with Crippen LogP contribution in [0.3, 0.4) is 0 Å². The molecule has 1 saturated heterocycles. The second kappa shape index (κ2) is 7.29. The predicted octanol–water partition coefficient (Wildman–Crippen LogP) is 2.79. The van der Waals surface area contributed by atoms with Gasteiger partial charge in [-0.15, -0.1) is 0 Å². The van der Waals surface area contributed by atoms with Gasteiger partial charge in [-0.2, -0.15) is 0 Å². The molecule has 0 bridgehead atoms. The molecule has 1 amide bonds. The molecule has 1 N–H and O–H groups in total. The van der Waals surface area contributed by atoms with Gasteiger partial charge in [0.25, 0.3) is 0 Å². The van der Waals surface area contributed by atoms with Crippen LogP contribution in [0.1, 0.15) is 32.3 Å². The Morgan fingerprint density at radius 1 is 1.40 bits per heavy atom. The smallest absolute Gasteiger partial charge is 0.410 e. The largest absolute Gasteiger partial charge is 0.445 e. The monoisotopic (exact) mass is 276 g/mol. The Morgan fingerprint density at radius 2 is 2.15 bits per heavy atom. The van der Waals surface area contributed by atoms with E-state index in [9.17, 15) is 4.79 Å². The fraction of sp³-hybridized carbons (Fsp3) is 0.562. The Bertz CT molecular complexity index is 414.